The molecule has 5 heteroatoms. The first kappa shape index (κ1) is 21.5. The quantitative estimate of drug-likeness (QED) is 0.529. The van der Waals surface area contributed by atoms with Gasteiger partial charge in [-0.1, -0.05) is 60.7 Å². The lowest BCUT2D eigenvalue weighted by molar-refractivity contribution is -0.0313. The first-order chi connectivity index (χ1) is 14.9. The molecule has 4 rings (SSSR count). The van der Waals surface area contributed by atoms with Gasteiger partial charge in [0.1, 0.15) is 11.9 Å². The van der Waals surface area contributed by atoms with E-state index >= 15 is 0 Å². The Morgan fingerprint density at radius 3 is 2.26 bits per heavy atom. The minimum absolute atomic E-state index is 0.0760. The molecule has 31 heavy (non-hydrogen) atoms. The molecule has 0 bridgehead atoms. The number of nitrogens with zero attached hydrogens (tertiary/aromatic N) is 2. The van der Waals surface area contributed by atoms with E-state index in [-0.39, 0.29) is 12.6 Å². The van der Waals surface area contributed by atoms with Crippen LogP contribution in [0.15, 0.2) is 67.0 Å². The number of imidazole rings is 1. The zero-order chi connectivity index (χ0) is 22.0. The van der Waals surface area contributed by atoms with Crippen molar-refractivity contribution >= 4 is 6.08 Å². The van der Waals surface area contributed by atoms with Gasteiger partial charge in [0.05, 0.1) is 18.2 Å². The third-order valence-electron chi connectivity index (χ3n) is 6.13. The predicted octanol–water partition coefficient (Wildman–Crippen LogP) is 4.48. The summed E-state index contributed by atoms with van der Waals surface area (Å²) >= 11 is 0. The molecule has 5 nitrogen and oxygen atoms in total. The summed E-state index contributed by atoms with van der Waals surface area (Å²) in [5.74, 6) is 0.994. The summed E-state index contributed by atoms with van der Waals surface area (Å²) in [6.07, 6.45) is 8.27. The van der Waals surface area contributed by atoms with E-state index in [2.05, 4.69) is 53.5 Å². The molecule has 2 atom stereocenters. The molecule has 0 radical (unpaired) electrons. The fourth-order valence-corrected chi connectivity index (χ4v) is 4.36. The van der Waals surface area contributed by atoms with Gasteiger partial charge in [0.25, 0.3) is 0 Å². The Bertz CT molecular complexity index is 1030. The molecule has 1 aliphatic rings. The first-order valence-electron chi connectivity index (χ1n) is 10.8. The highest BCUT2D eigenvalue weighted by atomic mass is 16.3. The largest absolute Gasteiger partial charge is 0.394 e. The van der Waals surface area contributed by atoms with E-state index < -0.39 is 11.7 Å². The summed E-state index contributed by atoms with van der Waals surface area (Å²) in [4.78, 5) is 4.17. The van der Waals surface area contributed by atoms with Crippen LogP contribution in [0.3, 0.4) is 0 Å². The number of rotatable bonds is 7. The van der Waals surface area contributed by atoms with Crippen molar-refractivity contribution in [1.82, 2.24) is 9.55 Å². The van der Waals surface area contributed by atoms with Crippen LogP contribution in [0.25, 0.3) is 17.2 Å². The van der Waals surface area contributed by atoms with Crippen molar-refractivity contribution < 1.29 is 15.3 Å². The Hall–Kier alpha value is -2.73. The van der Waals surface area contributed by atoms with Crippen molar-refractivity contribution in [3.8, 4) is 11.1 Å². The number of aliphatic hydroxyl groups is 3. The van der Waals surface area contributed by atoms with Gasteiger partial charge >= 0.3 is 0 Å². The fraction of sp³-hybridized carbons (Fsp3) is 0.346. The van der Waals surface area contributed by atoms with Crippen LogP contribution in [0.2, 0.25) is 0 Å². The van der Waals surface area contributed by atoms with Gasteiger partial charge in [-0.2, -0.15) is 0 Å². The average Bonchev–Trinajstić information content (AvgIpc) is 3.23. The second-order valence-electron chi connectivity index (χ2n) is 8.82. The molecule has 1 aliphatic carbocycles. The maximum atomic E-state index is 9.95. The molecule has 0 spiro atoms. The molecule has 162 valence electrons. The number of hydrogen-bond donors (Lipinski definition) is 3. The Labute approximate surface area is 183 Å². The summed E-state index contributed by atoms with van der Waals surface area (Å²) in [5, 5.41) is 29.6. The van der Waals surface area contributed by atoms with Crippen molar-refractivity contribution in [2.75, 3.05) is 6.61 Å². The van der Waals surface area contributed by atoms with Crippen LogP contribution in [0.1, 0.15) is 61.7 Å². The zero-order valence-corrected chi connectivity index (χ0v) is 18.0. The van der Waals surface area contributed by atoms with E-state index in [0.29, 0.717) is 11.7 Å². The molecule has 0 amide bonds. The van der Waals surface area contributed by atoms with Crippen LogP contribution in [-0.4, -0.2) is 37.1 Å². The van der Waals surface area contributed by atoms with Gasteiger partial charge in [-0.3, -0.25) is 0 Å². The Kier molecular flexibility index (Phi) is 6.10. The van der Waals surface area contributed by atoms with Gasteiger partial charge < -0.3 is 19.9 Å². The molecule has 1 heterocycles. The third kappa shape index (κ3) is 4.79. The van der Waals surface area contributed by atoms with Crippen LogP contribution >= 0.6 is 0 Å². The van der Waals surface area contributed by atoms with Crippen molar-refractivity contribution in [3.63, 3.8) is 0 Å². The Morgan fingerprint density at radius 2 is 1.71 bits per heavy atom. The molecule has 2 aromatic carbocycles. The second kappa shape index (κ2) is 8.79. The van der Waals surface area contributed by atoms with Crippen molar-refractivity contribution in [2.45, 2.75) is 50.4 Å². The molecule has 1 fully saturated rings. The minimum Gasteiger partial charge on any atom is -0.394 e. The van der Waals surface area contributed by atoms with E-state index in [1.165, 1.54) is 11.1 Å². The van der Waals surface area contributed by atoms with Crippen molar-refractivity contribution in [3.05, 3.63) is 84.0 Å². The SMILES string of the molecule is C[C@H](O)c1nccn1C(/C=C/c1ccc(-c2ccc(C3CC(C)(O)C3)cc2)cc1)CO. The van der Waals surface area contributed by atoms with E-state index in [1.54, 1.807) is 23.9 Å². The number of aromatic nitrogens is 2. The standard InChI is InChI=1S/C26H30N2O3/c1-18(30)25-27-13-14-28(25)24(17-29)12-5-19-3-6-20(7-4-19)21-8-10-22(11-9-21)23-15-26(2,31)16-23/h3-14,18,23-24,29-31H,15-17H2,1-2H3/b12-5+/t18-,23?,24?,26?/m0/s1. The molecule has 1 aromatic heterocycles. The lowest BCUT2D eigenvalue weighted by Gasteiger charge is -2.41. The molecule has 0 saturated heterocycles. The van der Waals surface area contributed by atoms with Gasteiger partial charge in [0.2, 0.25) is 0 Å². The topological polar surface area (TPSA) is 78.5 Å². The second-order valence-corrected chi connectivity index (χ2v) is 8.82. The van der Waals surface area contributed by atoms with E-state index in [0.717, 1.165) is 24.0 Å². The highest BCUT2D eigenvalue weighted by Crippen LogP contribution is 2.44. The summed E-state index contributed by atoms with van der Waals surface area (Å²) in [6.45, 7) is 3.49. The van der Waals surface area contributed by atoms with Crippen LogP contribution in [0.4, 0.5) is 0 Å². The van der Waals surface area contributed by atoms with E-state index in [9.17, 15) is 15.3 Å². The minimum atomic E-state index is -0.694. The fourth-order valence-electron chi connectivity index (χ4n) is 4.36. The summed E-state index contributed by atoms with van der Waals surface area (Å²) < 4.78 is 1.79. The smallest absolute Gasteiger partial charge is 0.137 e. The lowest BCUT2D eigenvalue weighted by atomic mass is 9.69. The molecule has 0 aliphatic heterocycles. The van der Waals surface area contributed by atoms with Gasteiger partial charge in [0.15, 0.2) is 0 Å². The molecule has 1 unspecified atom stereocenters. The normalized spacial score (nSPS) is 22.9. The third-order valence-corrected chi connectivity index (χ3v) is 6.13. The molecule has 3 N–H and O–H groups in total. The van der Waals surface area contributed by atoms with Crippen LogP contribution in [-0.2, 0) is 0 Å². The monoisotopic (exact) mass is 418 g/mol. The molecular formula is C26H30N2O3. The summed E-state index contributed by atoms with van der Waals surface area (Å²) in [7, 11) is 0. The van der Waals surface area contributed by atoms with Crippen LogP contribution < -0.4 is 0 Å². The van der Waals surface area contributed by atoms with Crippen molar-refractivity contribution in [2.24, 2.45) is 0 Å². The maximum absolute atomic E-state index is 9.95. The average molecular weight is 419 g/mol. The zero-order valence-electron chi connectivity index (χ0n) is 18.0. The lowest BCUT2D eigenvalue weighted by Crippen LogP contribution is -2.39. The molecule has 1 saturated carbocycles. The summed E-state index contributed by atoms with van der Waals surface area (Å²) in [6, 6.07) is 16.6. The highest BCUT2D eigenvalue weighted by molar-refractivity contribution is 5.66. The van der Waals surface area contributed by atoms with Crippen LogP contribution in [0.5, 0.6) is 0 Å². The van der Waals surface area contributed by atoms with Gasteiger partial charge in [-0.15, -0.1) is 0 Å². The Balaban J connectivity index is 1.43. The molecule has 3 aromatic rings. The van der Waals surface area contributed by atoms with Crippen molar-refractivity contribution in [1.29, 1.82) is 0 Å². The number of hydrogen-bond acceptors (Lipinski definition) is 4. The number of benzene rings is 2. The molecular weight excluding hydrogens is 388 g/mol. The van der Waals surface area contributed by atoms with Crippen LogP contribution in [0, 0.1) is 0 Å². The highest BCUT2D eigenvalue weighted by Gasteiger charge is 2.38. The van der Waals surface area contributed by atoms with E-state index in [1.807, 2.05) is 19.1 Å². The van der Waals surface area contributed by atoms with Gasteiger partial charge in [-0.05, 0) is 54.9 Å². The van der Waals surface area contributed by atoms with Gasteiger partial charge in [-0.25, -0.2) is 4.98 Å². The summed E-state index contributed by atoms with van der Waals surface area (Å²) in [5.41, 5.74) is 4.14. The maximum Gasteiger partial charge on any atom is 0.137 e. The number of aliphatic hydroxyl groups excluding tert-OH is 2. The van der Waals surface area contributed by atoms with E-state index in [4.69, 9.17) is 0 Å². The Morgan fingerprint density at radius 1 is 1.10 bits per heavy atom. The first-order valence-corrected chi connectivity index (χ1v) is 10.8. The van der Waals surface area contributed by atoms with Gasteiger partial charge in [0, 0.05) is 12.4 Å². The predicted molar refractivity (Wildman–Crippen MR) is 122 cm³/mol.